The number of thioether (sulfide) groups is 1. The number of carbonyl (C=O) groups is 2. The third-order valence-electron chi connectivity index (χ3n) is 3.03. The summed E-state index contributed by atoms with van der Waals surface area (Å²) < 4.78 is -0.452. The second kappa shape index (κ2) is 5.64. The fourth-order valence-corrected chi connectivity index (χ4v) is 2.75. The summed E-state index contributed by atoms with van der Waals surface area (Å²) in [5.41, 5.74) is 0.975. The molecule has 0 saturated carbocycles. The van der Waals surface area contributed by atoms with Crippen molar-refractivity contribution in [2.45, 2.75) is 31.1 Å². The molecule has 1 saturated heterocycles. The minimum Gasteiger partial charge on any atom is -0.354 e. The first kappa shape index (κ1) is 13.9. The first-order chi connectivity index (χ1) is 8.99. The van der Waals surface area contributed by atoms with E-state index in [1.165, 1.54) is 11.8 Å². The van der Waals surface area contributed by atoms with E-state index in [0.717, 1.165) is 5.69 Å². The van der Waals surface area contributed by atoms with Crippen molar-refractivity contribution in [2.24, 2.45) is 0 Å². The summed E-state index contributed by atoms with van der Waals surface area (Å²) in [6.45, 7) is 4.25. The maximum absolute atomic E-state index is 11.9. The standard InChI is InChI=1S/C12H18N4O2S/c1-12(2)11(18)15-9(7-19-12)10(17)13-5-3-8-4-6-14-16-8/h4,6,9H,3,5,7H2,1-2H3,(H,13,17)(H,14,16)(H,15,18). The fraction of sp³-hybridized carbons (Fsp3) is 0.583. The van der Waals surface area contributed by atoms with E-state index >= 15 is 0 Å². The summed E-state index contributed by atoms with van der Waals surface area (Å²) in [6.07, 6.45) is 2.38. The number of amides is 2. The van der Waals surface area contributed by atoms with Crippen LogP contribution in [0.4, 0.5) is 0 Å². The lowest BCUT2D eigenvalue weighted by Gasteiger charge is -2.32. The Bertz CT molecular complexity index is 458. The number of H-pyrrole nitrogens is 1. The van der Waals surface area contributed by atoms with Crippen LogP contribution >= 0.6 is 11.8 Å². The van der Waals surface area contributed by atoms with Gasteiger partial charge in [0.05, 0.1) is 4.75 Å². The van der Waals surface area contributed by atoms with E-state index in [1.54, 1.807) is 6.20 Å². The average Bonchev–Trinajstić information content (AvgIpc) is 2.85. The SMILES string of the molecule is CC1(C)SCC(C(=O)NCCc2ccn[nH]2)NC1=O. The van der Waals surface area contributed by atoms with Gasteiger partial charge >= 0.3 is 0 Å². The van der Waals surface area contributed by atoms with Crippen molar-refractivity contribution in [3.8, 4) is 0 Å². The van der Waals surface area contributed by atoms with Gasteiger partial charge in [-0.15, -0.1) is 11.8 Å². The molecule has 7 heteroatoms. The fourth-order valence-electron chi connectivity index (χ4n) is 1.74. The van der Waals surface area contributed by atoms with Crippen molar-refractivity contribution < 1.29 is 9.59 Å². The summed E-state index contributed by atoms with van der Waals surface area (Å²) in [6, 6.07) is 1.43. The Kier molecular flexibility index (Phi) is 4.14. The predicted octanol–water partition coefficient (Wildman–Crippen LogP) is 0.0786. The molecule has 0 radical (unpaired) electrons. The molecular formula is C12H18N4O2S. The number of nitrogens with one attached hydrogen (secondary N) is 3. The van der Waals surface area contributed by atoms with Crippen molar-refractivity contribution in [1.82, 2.24) is 20.8 Å². The van der Waals surface area contributed by atoms with Crippen LogP contribution in [-0.4, -0.2) is 45.1 Å². The zero-order valence-electron chi connectivity index (χ0n) is 11.0. The van der Waals surface area contributed by atoms with Gasteiger partial charge in [0.15, 0.2) is 0 Å². The van der Waals surface area contributed by atoms with Gasteiger partial charge in [0.2, 0.25) is 11.8 Å². The number of aromatic amines is 1. The van der Waals surface area contributed by atoms with Crippen molar-refractivity contribution in [1.29, 1.82) is 0 Å². The Morgan fingerprint density at radius 2 is 2.42 bits per heavy atom. The molecule has 0 bridgehead atoms. The highest BCUT2D eigenvalue weighted by Gasteiger charge is 2.37. The van der Waals surface area contributed by atoms with Crippen molar-refractivity contribution >= 4 is 23.6 Å². The molecule has 0 aromatic carbocycles. The van der Waals surface area contributed by atoms with Gasteiger partial charge in [-0.3, -0.25) is 14.7 Å². The summed E-state index contributed by atoms with van der Waals surface area (Å²) in [7, 11) is 0. The smallest absolute Gasteiger partial charge is 0.243 e. The lowest BCUT2D eigenvalue weighted by Crippen LogP contribution is -2.57. The molecular weight excluding hydrogens is 264 g/mol. The maximum atomic E-state index is 11.9. The van der Waals surface area contributed by atoms with Gasteiger partial charge in [-0.1, -0.05) is 0 Å². The topological polar surface area (TPSA) is 86.9 Å². The first-order valence-corrected chi connectivity index (χ1v) is 7.18. The van der Waals surface area contributed by atoms with Crippen molar-refractivity contribution in [3.05, 3.63) is 18.0 Å². The Balaban J connectivity index is 1.76. The zero-order valence-corrected chi connectivity index (χ0v) is 11.8. The van der Waals surface area contributed by atoms with E-state index in [-0.39, 0.29) is 11.8 Å². The molecule has 104 valence electrons. The number of nitrogens with zero attached hydrogens (tertiary/aromatic N) is 1. The lowest BCUT2D eigenvalue weighted by molar-refractivity contribution is -0.129. The van der Waals surface area contributed by atoms with Crippen LogP contribution in [0.15, 0.2) is 12.3 Å². The van der Waals surface area contributed by atoms with E-state index in [4.69, 9.17) is 0 Å². The first-order valence-electron chi connectivity index (χ1n) is 6.20. The van der Waals surface area contributed by atoms with Gasteiger partial charge < -0.3 is 10.6 Å². The van der Waals surface area contributed by atoms with Crippen LogP contribution in [0, 0.1) is 0 Å². The van der Waals surface area contributed by atoms with E-state index in [9.17, 15) is 9.59 Å². The number of carbonyl (C=O) groups excluding carboxylic acids is 2. The summed E-state index contributed by atoms with van der Waals surface area (Å²) in [4.78, 5) is 23.7. The van der Waals surface area contributed by atoms with E-state index in [2.05, 4.69) is 20.8 Å². The molecule has 1 aliphatic heterocycles. The Morgan fingerprint density at radius 1 is 1.63 bits per heavy atom. The molecule has 0 aliphatic carbocycles. The van der Waals surface area contributed by atoms with Crippen LogP contribution in [0.5, 0.6) is 0 Å². The predicted molar refractivity (Wildman–Crippen MR) is 73.8 cm³/mol. The molecule has 2 heterocycles. The molecule has 3 N–H and O–H groups in total. The Labute approximate surface area is 116 Å². The van der Waals surface area contributed by atoms with Crippen LogP contribution in [0.1, 0.15) is 19.5 Å². The third-order valence-corrected chi connectivity index (χ3v) is 4.44. The lowest BCUT2D eigenvalue weighted by atomic mass is 10.1. The minimum absolute atomic E-state index is 0.0857. The maximum Gasteiger partial charge on any atom is 0.243 e. The van der Waals surface area contributed by atoms with Gasteiger partial charge in [0.25, 0.3) is 0 Å². The van der Waals surface area contributed by atoms with Crippen LogP contribution in [0.2, 0.25) is 0 Å². The zero-order chi connectivity index (χ0) is 13.9. The Hall–Kier alpha value is -1.50. The molecule has 2 amide bonds. The molecule has 1 fully saturated rings. The van der Waals surface area contributed by atoms with Crippen LogP contribution in [-0.2, 0) is 16.0 Å². The van der Waals surface area contributed by atoms with E-state index in [0.29, 0.717) is 18.7 Å². The van der Waals surface area contributed by atoms with Crippen molar-refractivity contribution in [3.63, 3.8) is 0 Å². The van der Waals surface area contributed by atoms with Crippen LogP contribution in [0.25, 0.3) is 0 Å². The van der Waals surface area contributed by atoms with Gasteiger partial charge in [-0.05, 0) is 19.9 Å². The normalized spacial score (nSPS) is 21.8. The summed E-state index contributed by atoms with van der Waals surface area (Å²) >= 11 is 1.51. The van der Waals surface area contributed by atoms with E-state index in [1.807, 2.05) is 19.9 Å². The van der Waals surface area contributed by atoms with Gasteiger partial charge in [-0.25, -0.2) is 0 Å². The molecule has 1 unspecified atom stereocenters. The molecule has 1 aliphatic rings. The summed E-state index contributed by atoms with van der Waals surface area (Å²) in [5.74, 6) is 0.391. The van der Waals surface area contributed by atoms with Gasteiger partial charge in [0, 0.05) is 30.6 Å². The average molecular weight is 282 g/mol. The number of hydrogen-bond donors (Lipinski definition) is 3. The van der Waals surface area contributed by atoms with Crippen LogP contribution in [0.3, 0.4) is 0 Å². The quantitative estimate of drug-likeness (QED) is 0.730. The summed E-state index contributed by atoms with van der Waals surface area (Å²) in [5, 5.41) is 12.3. The minimum atomic E-state index is -0.452. The molecule has 0 spiro atoms. The molecule has 1 atom stereocenters. The van der Waals surface area contributed by atoms with Crippen molar-refractivity contribution in [2.75, 3.05) is 12.3 Å². The Morgan fingerprint density at radius 3 is 3.05 bits per heavy atom. The van der Waals surface area contributed by atoms with E-state index < -0.39 is 10.8 Å². The number of rotatable bonds is 4. The number of aromatic nitrogens is 2. The van der Waals surface area contributed by atoms with Crippen LogP contribution < -0.4 is 10.6 Å². The second-order valence-electron chi connectivity index (χ2n) is 4.97. The van der Waals surface area contributed by atoms with Gasteiger partial charge in [-0.2, -0.15) is 5.10 Å². The number of hydrogen-bond acceptors (Lipinski definition) is 4. The molecule has 2 rings (SSSR count). The second-order valence-corrected chi connectivity index (χ2v) is 6.61. The largest absolute Gasteiger partial charge is 0.354 e. The molecule has 1 aromatic heterocycles. The third kappa shape index (κ3) is 3.50. The molecule has 6 nitrogen and oxygen atoms in total. The molecule has 1 aromatic rings. The van der Waals surface area contributed by atoms with Gasteiger partial charge in [0.1, 0.15) is 6.04 Å². The monoisotopic (exact) mass is 282 g/mol. The highest BCUT2D eigenvalue weighted by Crippen LogP contribution is 2.28. The molecule has 19 heavy (non-hydrogen) atoms. The highest BCUT2D eigenvalue weighted by atomic mass is 32.2. The highest BCUT2D eigenvalue weighted by molar-refractivity contribution is 8.01.